The molecule has 112 valence electrons. The lowest BCUT2D eigenvalue weighted by Gasteiger charge is -2.10. The summed E-state index contributed by atoms with van der Waals surface area (Å²) in [5, 5.41) is 0.711. The third-order valence-electron chi connectivity index (χ3n) is 2.52. The molecule has 0 spiro atoms. The molecular weight excluding hydrogens is 313 g/mol. The van der Waals surface area contributed by atoms with Crippen molar-refractivity contribution in [1.29, 1.82) is 0 Å². The highest BCUT2D eigenvalue weighted by atomic mass is 35.5. The van der Waals surface area contributed by atoms with Gasteiger partial charge in [-0.15, -0.1) is 4.98 Å². The van der Waals surface area contributed by atoms with E-state index < -0.39 is 0 Å². The number of aromatic nitrogens is 3. The van der Waals surface area contributed by atoms with E-state index in [1.54, 1.807) is 12.1 Å². The number of nitrogens with zero attached hydrogens (tertiary/aromatic N) is 3. The Kier molecular flexibility index (Phi) is 5.20. The molecule has 1 aromatic heterocycles. The van der Waals surface area contributed by atoms with Gasteiger partial charge in [0.2, 0.25) is 5.28 Å². The number of benzene rings is 1. The van der Waals surface area contributed by atoms with Crippen LogP contribution in [0.3, 0.4) is 0 Å². The summed E-state index contributed by atoms with van der Waals surface area (Å²) in [6.45, 7) is 5.75. The molecule has 0 radical (unpaired) electrons. The van der Waals surface area contributed by atoms with Gasteiger partial charge in [0.15, 0.2) is 0 Å². The van der Waals surface area contributed by atoms with Crippen LogP contribution < -0.4 is 9.47 Å². The number of aryl methyl sites for hydroxylation is 1. The Bertz CT molecular complexity index is 636. The number of ether oxygens (including phenoxy) is 2. The van der Waals surface area contributed by atoms with Crippen LogP contribution in [0.2, 0.25) is 10.3 Å². The Balaban J connectivity index is 2.24. The van der Waals surface area contributed by atoms with E-state index in [9.17, 15) is 0 Å². The predicted octanol–water partition coefficient (Wildman–Crippen LogP) is 4.32. The highest BCUT2D eigenvalue weighted by molar-refractivity contribution is 6.31. The molecule has 7 heteroatoms. The monoisotopic (exact) mass is 327 g/mol. The maximum Gasteiger partial charge on any atom is 0.329 e. The Morgan fingerprint density at radius 3 is 2.48 bits per heavy atom. The standard InChI is InChI=1S/C14H15Cl2N3O2/c1-4-9-7-10(5-6-11(9)15)21-14-18-12(16)17-13(19-14)20-8(2)3/h5-8H,4H2,1-3H3. The van der Waals surface area contributed by atoms with Crippen molar-refractivity contribution >= 4 is 23.2 Å². The van der Waals surface area contributed by atoms with E-state index in [4.69, 9.17) is 32.7 Å². The first-order valence-corrected chi connectivity index (χ1v) is 7.28. The summed E-state index contributed by atoms with van der Waals surface area (Å²) in [7, 11) is 0. The molecule has 0 fully saturated rings. The van der Waals surface area contributed by atoms with Gasteiger partial charge in [-0.2, -0.15) is 9.97 Å². The van der Waals surface area contributed by atoms with Gasteiger partial charge >= 0.3 is 12.0 Å². The number of halogens is 2. The van der Waals surface area contributed by atoms with Crippen molar-refractivity contribution < 1.29 is 9.47 Å². The second-order valence-corrected chi connectivity index (χ2v) is 5.29. The smallest absolute Gasteiger partial charge is 0.329 e. The molecule has 0 amide bonds. The average Bonchev–Trinajstić information content (AvgIpc) is 2.39. The van der Waals surface area contributed by atoms with Crippen molar-refractivity contribution in [2.24, 2.45) is 0 Å². The minimum absolute atomic E-state index is 0.0142. The normalized spacial score (nSPS) is 10.8. The first-order chi connectivity index (χ1) is 9.97. The summed E-state index contributed by atoms with van der Waals surface area (Å²) in [6.07, 6.45) is 0.730. The third-order valence-corrected chi connectivity index (χ3v) is 3.05. The fourth-order valence-corrected chi connectivity index (χ4v) is 2.01. The summed E-state index contributed by atoms with van der Waals surface area (Å²) < 4.78 is 11.0. The van der Waals surface area contributed by atoms with Gasteiger partial charge in [-0.25, -0.2) is 0 Å². The zero-order valence-corrected chi connectivity index (χ0v) is 13.4. The van der Waals surface area contributed by atoms with Gasteiger partial charge < -0.3 is 9.47 Å². The minimum atomic E-state index is -0.0708. The van der Waals surface area contributed by atoms with E-state index in [2.05, 4.69) is 15.0 Å². The molecule has 21 heavy (non-hydrogen) atoms. The summed E-state index contributed by atoms with van der Waals surface area (Å²) in [4.78, 5) is 11.9. The van der Waals surface area contributed by atoms with Crippen LogP contribution in [0.1, 0.15) is 26.3 Å². The topological polar surface area (TPSA) is 57.1 Å². The Morgan fingerprint density at radius 1 is 1.10 bits per heavy atom. The van der Waals surface area contributed by atoms with Crippen LogP contribution in [0, 0.1) is 0 Å². The minimum Gasteiger partial charge on any atom is -0.461 e. The van der Waals surface area contributed by atoms with Crippen LogP contribution in [0.4, 0.5) is 0 Å². The number of rotatable bonds is 5. The second-order valence-electron chi connectivity index (χ2n) is 4.55. The van der Waals surface area contributed by atoms with Gasteiger partial charge in [-0.05, 0) is 55.6 Å². The molecular formula is C14H15Cl2N3O2. The predicted molar refractivity (Wildman–Crippen MR) is 81.5 cm³/mol. The van der Waals surface area contributed by atoms with Crippen molar-refractivity contribution in [2.45, 2.75) is 33.3 Å². The molecule has 2 aromatic rings. The number of hydrogen-bond donors (Lipinski definition) is 0. The van der Waals surface area contributed by atoms with E-state index in [1.807, 2.05) is 26.8 Å². The molecule has 2 rings (SSSR count). The van der Waals surface area contributed by atoms with E-state index in [0.29, 0.717) is 10.8 Å². The van der Waals surface area contributed by atoms with Crippen molar-refractivity contribution in [3.63, 3.8) is 0 Å². The van der Waals surface area contributed by atoms with Gasteiger partial charge in [-0.3, -0.25) is 0 Å². The Morgan fingerprint density at radius 2 is 1.81 bits per heavy atom. The largest absolute Gasteiger partial charge is 0.461 e. The second kappa shape index (κ2) is 6.91. The fraction of sp³-hybridized carbons (Fsp3) is 0.357. The van der Waals surface area contributed by atoms with Gasteiger partial charge in [-0.1, -0.05) is 18.5 Å². The Hall–Kier alpha value is -1.59. The molecule has 0 aliphatic rings. The maximum absolute atomic E-state index is 6.07. The number of hydrogen-bond acceptors (Lipinski definition) is 5. The van der Waals surface area contributed by atoms with Crippen LogP contribution in [-0.2, 0) is 6.42 Å². The lowest BCUT2D eigenvalue weighted by atomic mass is 10.1. The summed E-state index contributed by atoms with van der Waals surface area (Å²) in [5.41, 5.74) is 0.980. The molecule has 0 N–H and O–H groups in total. The van der Waals surface area contributed by atoms with Gasteiger partial charge in [0, 0.05) is 5.02 Å². The lowest BCUT2D eigenvalue weighted by molar-refractivity contribution is 0.218. The molecule has 0 unspecified atom stereocenters. The van der Waals surface area contributed by atoms with Crippen molar-refractivity contribution in [3.8, 4) is 17.8 Å². The van der Waals surface area contributed by atoms with Crippen molar-refractivity contribution in [3.05, 3.63) is 34.1 Å². The molecule has 1 heterocycles. The van der Waals surface area contributed by atoms with Gasteiger partial charge in [0.1, 0.15) is 5.75 Å². The summed E-state index contributed by atoms with van der Waals surface area (Å²) in [6, 6.07) is 5.55. The van der Waals surface area contributed by atoms with Gasteiger partial charge in [0.25, 0.3) is 0 Å². The molecule has 0 atom stereocenters. The van der Waals surface area contributed by atoms with E-state index >= 15 is 0 Å². The average molecular weight is 328 g/mol. The van der Waals surface area contributed by atoms with Crippen LogP contribution in [0.15, 0.2) is 18.2 Å². The van der Waals surface area contributed by atoms with Crippen LogP contribution in [-0.4, -0.2) is 21.1 Å². The van der Waals surface area contributed by atoms with Crippen LogP contribution in [0.25, 0.3) is 0 Å². The maximum atomic E-state index is 6.07. The van der Waals surface area contributed by atoms with E-state index in [-0.39, 0.29) is 23.4 Å². The third kappa shape index (κ3) is 4.44. The first kappa shape index (κ1) is 15.8. The van der Waals surface area contributed by atoms with Crippen LogP contribution >= 0.6 is 23.2 Å². The summed E-state index contributed by atoms with van der Waals surface area (Å²) in [5.74, 6) is 0.578. The van der Waals surface area contributed by atoms with E-state index in [0.717, 1.165) is 12.0 Å². The lowest BCUT2D eigenvalue weighted by Crippen LogP contribution is -2.09. The zero-order valence-electron chi connectivity index (χ0n) is 11.9. The molecule has 5 nitrogen and oxygen atoms in total. The van der Waals surface area contributed by atoms with E-state index in [1.165, 1.54) is 0 Å². The molecule has 0 aliphatic carbocycles. The van der Waals surface area contributed by atoms with Crippen molar-refractivity contribution in [2.75, 3.05) is 0 Å². The SMILES string of the molecule is CCc1cc(Oc2nc(Cl)nc(OC(C)C)n2)ccc1Cl. The van der Waals surface area contributed by atoms with Gasteiger partial charge in [0.05, 0.1) is 6.10 Å². The highest BCUT2D eigenvalue weighted by Gasteiger charge is 2.10. The Labute approximate surface area is 133 Å². The molecule has 0 saturated heterocycles. The summed E-state index contributed by atoms with van der Waals surface area (Å²) >= 11 is 11.9. The van der Waals surface area contributed by atoms with Crippen LogP contribution in [0.5, 0.6) is 17.8 Å². The van der Waals surface area contributed by atoms with Crippen molar-refractivity contribution in [1.82, 2.24) is 15.0 Å². The fourth-order valence-electron chi connectivity index (χ4n) is 1.61. The molecule has 1 aromatic carbocycles. The first-order valence-electron chi connectivity index (χ1n) is 6.52. The quantitative estimate of drug-likeness (QED) is 0.818. The highest BCUT2D eigenvalue weighted by Crippen LogP contribution is 2.26. The molecule has 0 bridgehead atoms. The zero-order chi connectivity index (χ0) is 15.4. The molecule has 0 aliphatic heterocycles. The molecule has 0 saturated carbocycles.